The lowest BCUT2D eigenvalue weighted by molar-refractivity contribution is 0.383. The second-order valence-electron chi connectivity index (χ2n) is 3.16. The van der Waals surface area contributed by atoms with Gasteiger partial charge in [0.25, 0.3) is 0 Å². The minimum atomic E-state index is 0.200. The fourth-order valence-corrected chi connectivity index (χ4v) is 1.06. The topological polar surface area (TPSA) is 68.6 Å². The molecule has 5 nitrogen and oxygen atoms in total. The van der Waals surface area contributed by atoms with E-state index in [4.69, 9.17) is 10.5 Å². The van der Waals surface area contributed by atoms with Crippen LogP contribution in [0.1, 0.15) is 11.4 Å². The molecular weight excluding hydrogens is 178 g/mol. The summed E-state index contributed by atoms with van der Waals surface area (Å²) in [6.07, 6.45) is 1.53. The fourth-order valence-electron chi connectivity index (χ4n) is 1.06. The van der Waals surface area contributed by atoms with Gasteiger partial charge in [-0.05, 0) is 14.1 Å². The van der Waals surface area contributed by atoms with Crippen LogP contribution < -0.4 is 0 Å². The molecule has 0 aliphatic rings. The lowest BCUT2D eigenvalue weighted by Crippen LogP contribution is -2.18. The molecule has 72 valence electrons. The van der Waals surface area contributed by atoms with Gasteiger partial charge in [-0.1, -0.05) is 0 Å². The van der Waals surface area contributed by atoms with Crippen molar-refractivity contribution in [1.82, 2.24) is 14.5 Å². The molecule has 0 saturated heterocycles. The third-order valence-electron chi connectivity index (χ3n) is 1.84. The summed E-state index contributed by atoms with van der Waals surface area (Å²) in [5, 5.41) is 17.5. The van der Waals surface area contributed by atoms with Gasteiger partial charge >= 0.3 is 0 Å². The lowest BCUT2D eigenvalue weighted by atomic mass is 10.3. The molecule has 0 amide bonds. The van der Waals surface area contributed by atoms with Gasteiger partial charge in [0.1, 0.15) is 12.1 Å². The Bertz CT molecular complexity index is 390. The van der Waals surface area contributed by atoms with Gasteiger partial charge in [-0.25, -0.2) is 4.98 Å². The highest BCUT2D eigenvalue weighted by Gasteiger charge is 2.09. The second-order valence-corrected chi connectivity index (χ2v) is 3.16. The van der Waals surface area contributed by atoms with Crippen molar-refractivity contribution in [3.63, 3.8) is 0 Å². The summed E-state index contributed by atoms with van der Waals surface area (Å²) >= 11 is 0. The molecule has 1 aromatic heterocycles. The Labute approximate surface area is 82.8 Å². The maximum atomic E-state index is 8.81. The Morgan fingerprint density at radius 2 is 2.14 bits per heavy atom. The monoisotopic (exact) mass is 189 g/mol. The maximum absolute atomic E-state index is 8.81. The van der Waals surface area contributed by atoms with E-state index in [9.17, 15) is 0 Å². The van der Waals surface area contributed by atoms with Crippen LogP contribution in [0.2, 0.25) is 0 Å². The molecule has 0 spiro atoms. The Morgan fingerprint density at radius 3 is 2.64 bits per heavy atom. The van der Waals surface area contributed by atoms with E-state index in [1.807, 2.05) is 31.1 Å². The number of rotatable bonds is 3. The second kappa shape index (κ2) is 4.40. The zero-order chi connectivity index (χ0) is 10.6. The largest absolute Gasteiger partial charge is 0.320 e. The summed E-state index contributed by atoms with van der Waals surface area (Å²) in [5.74, 6) is 0. The van der Waals surface area contributed by atoms with Crippen molar-refractivity contribution in [3.05, 3.63) is 17.7 Å². The van der Waals surface area contributed by atoms with Crippen LogP contribution in [0.3, 0.4) is 0 Å². The first-order valence-corrected chi connectivity index (χ1v) is 4.19. The molecule has 0 bridgehead atoms. The molecule has 0 fully saturated rings. The Balaban J connectivity index is 2.84. The summed E-state index contributed by atoms with van der Waals surface area (Å²) < 4.78 is 1.69. The fraction of sp³-hybridized carbons (Fsp3) is 0.444. The standard InChI is InChI=1S/C9H11N5/c1-13(2)3-4-14-7-12-8(5-10)9(14)6-11/h7H,3-4H2,1-2H3. The summed E-state index contributed by atoms with van der Waals surface area (Å²) in [6, 6.07) is 3.86. The zero-order valence-electron chi connectivity index (χ0n) is 8.23. The minimum absolute atomic E-state index is 0.200. The minimum Gasteiger partial charge on any atom is -0.320 e. The third kappa shape index (κ3) is 2.09. The molecule has 1 aromatic rings. The van der Waals surface area contributed by atoms with Crippen LogP contribution in [0.4, 0.5) is 0 Å². The van der Waals surface area contributed by atoms with Gasteiger partial charge in [-0.15, -0.1) is 0 Å². The van der Waals surface area contributed by atoms with Gasteiger partial charge in [0.15, 0.2) is 11.4 Å². The normalized spacial score (nSPS) is 9.79. The quantitative estimate of drug-likeness (QED) is 0.680. The highest BCUT2D eigenvalue weighted by molar-refractivity contribution is 5.35. The van der Waals surface area contributed by atoms with Crippen LogP contribution in [0, 0.1) is 22.7 Å². The number of aromatic nitrogens is 2. The van der Waals surface area contributed by atoms with Gasteiger partial charge in [0, 0.05) is 13.1 Å². The van der Waals surface area contributed by atoms with E-state index in [0.29, 0.717) is 12.2 Å². The predicted octanol–water partition coefficient (Wildman–Crippen LogP) is 0.188. The number of nitriles is 2. The van der Waals surface area contributed by atoms with Crippen LogP contribution in [-0.4, -0.2) is 35.1 Å². The first kappa shape index (κ1) is 10.2. The van der Waals surface area contributed by atoms with Crippen molar-refractivity contribution in [3.8, 4) is 12.1 Å². The van der Waals surface area contributed by atoms with E-state index in [2.05, 4.69) is 4.98 Å². The SMILES string of the molecule is CN(C)CCn1cnc(C#N)c1C#N. The van der Waals surface area contributed by atoms with Gasteiger partial charge in [-0.2, -0.15) is 10.5 Å². The number of hydrogen-bond acceptors (Lipinski definition) is 4. The summed E-state index contributed by atoms with van der Waals surface area (Å²) in [6.45, 7) is 1.49. The van der Waals surface area contributed by atoms with E-state index < -0.39 is 0 Å². The molecule has 0 N–H and O–H groups in total. The molecule has 5 heteroatoms. The third-order valence-corrected chi connectivity index (χ3v) is 1.84. The summed E-state index contributed by atoms with van der Waals surface area (Å²) in [4.78, 5) is 5.85. The van der Waals surface area contributed by atoms with Crippen LogP contribution in [0.15, 0.2) is 6.33 Å². The van der Waals surface area contributed by atoms with Gasteiger partial charge in [0.2, 0.25) is 0 Å². The highest BCUT2D eigenvalue weighted by Crippen LogP contribution is 2.04. The van der Waals surface area contributed by atoms with Crippen molar-refractivity contribution < 1.29 is 0 Å². The molecule has 0 aromatic carbocycles. The Hall–Kier alpha value is -1.85. The van der Waals surface area contributed by atoms with Gasteiger partial charge < -0.3 is 9.47 Å². The van der Waals surface area contributed by atoms with E-state index in [-0.39, 0.29) is 5.69 Å². The van der Waals surface area contributed by atoms with Gasteiger partial charge in [-0.3, -0.25) is 0 Å². The van der Waals surface area contributed by atoms with E-state index in [1.165, 1.54) is 6.33 Å². The van der Waals surface area contributed by atoms with Crippen LogP contribution in [0.5, 0.6) is 0 Å². The predicted molar refractivity (Wildman–Crippen MR) is 50.2 cm³/mol. The molecule has 0 aliphatic heterocycles. The van der Waals surface area contributed by atoms with Crippen molar-refractivity contribution in [2.45, 2.75) is 6.54 Å². The highest BCUT2D eigenvalue weighted by atomic mass is 15.1. The first-order chi connectivity index (χ1) is 6.69. The molecular formula is C9H11N5. The number of imidazole rings is 1. The summed E-state index contributed by atoms with van der Waals surface area (Å²) in [7, 11) is 3.91. The molecule has 0 unspecified atom stereocenters. The lowest BCUT2D eigenvalue weighted by Gasteiger charge is -2.09. The average molecular weight is 189 g/mol. The summed E-state index contributed by atoms with van der Waals surface area (Å²) in [5.41, 5.74) is 0.542. The van der Waals surface area contributed by atoms with Crippen LogP contribution in [-0.2, 0) is 6.54 Å². The molecule has 1 rings (SSSR count). The van der Waals surface area contributed by atoms with E-state index in [0.717, 1.165) is 6.54 Å². The molecule has 0 saturated carbocycles. The first-order valence-electron chi connectivity index (χ1n) is 4.19. The molecule has 0 atom stereocenters. The van der Waals surface area contributed by atoms with Crippen molar-refractivity contribution in [1.29, 1.82) is 10.5 Å². The molecule has 14 heavy (non-hydrogen) atoms. The van der Waals surface area contributed by atoms with Crippen molar-refractivity contribution >= 4 is 0 Å². The van der Waals surface area contributed by atoms with Gasteiger partial charge in [0.05, 0.1) is 6.33 Å². The Kier molecular flexibility index (Phi) is 3.22. The molecule has 0 aliphatic carbocycles. The molecule has 0 radical (unpaired) electrons. The smallest absolute Gasteiger partial charge is 0.176 e. The number of likely N-dealkylation sites (N-methyl/N-ethyl adjacent to an activating group) is 1. The van der Waals surface area contributed by atoms with Crippen LogP contribution in [0.25, 0.3) is 0 Å². The average Bonchev–Trinajstić information content (AvgIpc) is 2.56. The number of nitrogens with zero attached hydrogens (tertiary/aromatic N) is 5. The van der Waals surface area contributed by atoms with Crippen molar-refractivity contribution in [2.24, 2.45) is 0 Å². The number of hydrogen-bond donors (Lipinski definition) is 0. The van der Waals surface area contributed by atoms with Crippen molar-refractivity contribution in [2.75, 3.05) is 20.6 Å². The Morgan fingerprint density at radius 1 is 1.43 bits per heavy atom. The maximum Gasteiger partial charge on any atom is 0.176 e. The van der Waals surface area contributed by atoms with Crippen LogP contribution >= 0.6 is 0 Å². The van der Waals surface area contributed by atoms with E-state index in [1.54, 1.807) is 4.57 Å². The van der Waals surface area contributed by atoms with E-state index >= 15 is 0 Å². The molecule has 1 heterocycles. The zero-order valence-corrected chi connectivity index (χ0v) is 8.23.